The smallest absolute Gasteiger partial charge is 0.328 e. The van der Waals surface area contributed by atoms with Gasteiger partial charge in [-0.05, 0) is 18.1 Å². The van der Waals surface area contributed by atoms with Gasteiger partial charge in [0.05, 0.1) is 5.92 Å². The molecule has 2 atom stereocenters. The predicted molar refractivity (Wildman–Crippen MR) is 63.7 cm³/mol. The van der Waals surface area contributed by atoms with Gasteiger partial charge in [0.2, 0.25) is 0 Å². The lowest BCUT2D eigenvalue weighted by Crippen LogP contribution is -2.31. The number of carboxylic acids is 1. The minimum Gasteiger partial charge on any atom is -0.480 e. The molecule has 0 bridgehead atoms. The first-order chi connectivity index (χ1) is 8.91. The number of hydrogen-bond acceptors (Lipinski definition) is 6. The van der Waals surface area contributed by atoms with Gasteiger partial charge >= 0.3 is 11.9 Å². The summed E-state index contributed by atoms with van der Waals surface area (Å²) < 4.78 is 4.90. The third-order valence-corrected chi connectivity index (χ3v) is 2.61. The monoisotopic (exact) mass is 273 g/mol. The zero-order valence-corrected chi connectivity index (χ0v) is 11.3. The second-order valence-corrected chi connectivity index (χ2v) is 4.60. The molecule has 0 aliphatic carbocycles. The largest absolute Gasteiger partial charge is 0.480 e. The van der Waals surface area contributed by atoms with Crippen molar-refractivity contribution in [1.29, 1.82) is 0 Å². The minimum absolute atomic E-state index is 0.252. The first kappa shape index (κ1) is 15.2. The summed E-state index contributed by atoms with van der Waals surface area (Å²) in [7, 11) is 0. The lowest BCUT2D eigenvalue weighted by molar-refractivity contribution is -0.181. The van der Waals surface area contributed by atoms with E-state index < -0.39 is 24.3 Å². The average Bonchev–Trinajstić information content (AvgIpc) is 2.77. The van der Waals surface area contributed by atoms with Crippen molar-refractivity contribution in [3.63, 3.8) is 0 Å². The Morgan fingerprint density at radius 3 is 2.63 bits per heavy atom. The van der Waals surface area contributed by atoms with E-state index in [1.807, 2.05) is 0 Å². The molecule has 1 N–H and O–H groups in total. The van der Waals surface area contributed by atoms with Crippen LogP contribution >= 0.6 is 0 Å². The topological polar surface area (TPSA) is 101 Å². The summed E-state index contributed by atoms with van der Waals surface area (Å²) in [5.41, 5.74) is 0. The molecule has 0 aromatic carbocycles. The van der Waals surface area contributed by atoms with Crippen molar-refractivity contribution in [3.8, 4) is 0 Å². The first-order valence-electron chi connectivity index (χ1n) is 6.18. The van der Waals surface area contributed by atoms with Gasteiger partial charge in [0, 0.05) is 18.7 Å². The van der Waals surface area contributed by atoms with Gasteiger partial charge in [-0.15, -0.1) is 0 Å². The van der Waals surface area contributed by atoms with Gasteiger partial charge < -0.3 is 14.7 Å². The molecule has 8 nitrogen and oxygen atoms in total. The van der Waals surface area contributed by atoms with E-state index in [4.69, 9.17) is 14.7 Å². The fourth-order valence-electron chi connectivity index (χ4n) is 1.57. The van der Waals surface area contributed by atoms with Crippen molar-refractivity contribution < 1.29 is 24.3 Å². The van der Waals surface area contributed by atoms with Gasteiger partial charge in [-0.3, -0.25) is 9.80 Å². The van der Waals surface area contributed by atoms with Gasteiger partial charge in [-0.25, -0.2) is 4.79 Å². The van der Waals surface area contributed by atoms with E-state index in [2.05, 4.69) is 10.5 Å². The van der Waals surface area contributed by atoms with Crippen molar-refractivity contribution in [3.05, 3.63) is 0 Å². The maximum Gasteiger partial charge on any atom is 0.328 e. The van der Waals surface area contributed by atoms with Crippen LogP contribution in [-0.4, -0.2) is 40.9 Å². The van der Waals surface area contributed by atoms with Crippen molar-refractivity contribution in [2.24, 2.45) is 16.4 Å². The van der Waals surface area contributed by atoms with Crippen LogP contribution in [0.25, 0.3) is 0 Å². The first-order valence-corrected chi connectivity index (χ1v) is 6.18. The van der Waals surface area contributed by atoms with Crippen molar-refractivity contribution >= 4 is 11.9 Å². The van der Waals surface area contributed by atoms with Crippen LogP contribution in [0.2, 0.25) is 0 Å². The Morgan fingerprint density at radius 1 is 1.37 bits per heavy atom. The molecule has 0 aromatic heterocycles. The van der Waals surface area contributed by atoms with Crippen LogP contribution in [0.15, 0.2) is 10.5 Å². The van der Waals surface area contributed by atoms with E-state index in [1.54, 1.807) is 13.8 Å². The zero-order chi connectivity index (χ0) is 14.4. The highest BCUT2D eigenvalue weighted by Gasteiger charge is 2.30. The highest BCUT2D eigenvalue weighted by atomic mass is 16.8. The number of aliphatic carboxylic acids is 1. The Balaban J connectivity index is 2.37. The minimum atomic E-state index is -0.935. The molecule has 1 saturated heterocycles. The molecule has 0 saturated carbocycles. The fraction of sp³-hybridized carbons (Fsp3) is 0.818. The second kappa shape index (κ2) is 6.91. The van der Waals surface area contributed by atoms with Crippen LogP contribution in [0.4, 0.5) is 0 Å². The van der Waals surface area contributed by atoms with E-state index in [0.717, 1.165) is 6.42 Å². The summed E-state index contributed by atoms with van der Waals surface area (Å²) in [6.07, 6.45) is 0.421. The van der Waals surface area contributed by atoms with E-state index in [9.17, 15) is 9.59 Å². The normalized spacial score (nSPS) is 20.8. The number of nitrogens with zero attached hydrogens (tertiary/aromatic N) is 3. The maximum absolute atomic E-state index is 11.3. The van der Waals surface area contributed by atoms with Crippen LogP contribution in [0, 0.1) is 5.92 Å². The fourth-order valence-corrected chi connectivity index (χ4v) is 1.57. The van der Waals surface area contributed by atoms with Gasteiger partial charge in [0.1, 0.15) is 6.04 Å². The predicted octanol–water partition coefficient (Wildman–Crippen LogP) is 1.38. The van der Waals surface area contributed by atoms with Crippen molar-refractivity contribution in [2.45, 2.75) is 45.9 Å². The summed E-state index contributed by atoms with van der Waals surface area (Å²) in [4.78, 5) is 27.0. The molecule has 19 heavy (non-hydrogen) atoms. The molecular weight excluding hydrogens is 254 g/mol. The second-order valence-electron chi connectivity index (χ2n) is 4.60. The Labute approximate surface area is 111 Å². The lowest BCUT2D eigenvalue weighted by Gasteiger charge is -2.16. The quantitative estimate of drug-likeness (QED) is 0.339. The molecule has 0 spiro atoms. The van der Waals surface area contributed by atoms with Crippen LogP contribution in [-0.2, 0) is 19.2 Å². The van der Waals surface area contributed by atoms with Crippen LogP contribution in [0.5, 0.6) is 0 Å². The molecular formula is C11H19N3O5. The number of esters is 1. The highest BCUT2D eigenvalue weighted by Crippen LogP contribution is 2.17. The number of rotatable bonds is 6. The number of carboxylic acid groups (broad SMARTS) is 1. The molecule has 0 amide bonds. The van der Waals surface area contributed by atoms with Gasteiger partial charge in [0.15, 0.2) is 0 Å². The maximum atomic E-state index is 11.3. The molecule has 1 heterocycles. The van der Waals surface area contributed by atoms with Crippen molar-refractivity contribution in [2.75, 3.05) is 6.54 Å². The molecule has 1 aliphatic rings. The van der Waals surface area contributed by atoms with E-state index in [-0.39, 0.29) is 5.92 Å². The zero-order valence-electron chi connectivity index (χ0n) is 11.3. The molecule has 1 unspecified atom stereocenters. The van der Waals surface area contributed by atoms with Crippen LogP contribution in [0.3, 0.4) is 0 Å². The molecule has 1 aliphatic heterocycles. The molecule has 0 aromatic rings. The Kier molecular flexibility index (Phi) is 5.53. The summed E-state index contributed by atoms with van der Waals surface area (Å²) in [5, 5.41) is 17.4. The van der Waals surface area contributed by atoms with Gasteiger partial charge in [-0.2, -0.15) is 0 Å². The molecule has 0 radical (unpaired) electrons. The van der Waals surface area contributed by atoms with E-state index in [0.29, 0.717) is 13.0 Å². The van der Waals surface area contributed by atoms with Gasteiger partial charge in [0.25, 0.3) is 6.29 Å². The third kappa shape index (κ3) is 4.72. The molecule has 108 valence electrons. The Morgan fingerprint density at radius 2 is 2.05 bits per heavy atom. The Bertz CT molecular complexity index is 358. The van der Waals surface area contributed by atoms with Gasteiger partial charge in [-0.1, -0.05) is 13.8 Å². The van der Waals surface area contributed by atoms with E-state index in [1.165, 1.54) is 11.9 Å². The number of ether oxygens (including phenoxy) is 1. The van der Waals surface area contributed by atoms with Crippen LogP contribution in [0.1, 0.15) is 33.6 Å². The molecule has 8 heteroatoms. The number of hydrogen-bond donors (Lipinski definition) is 1. The summed E-state index contributed by atoms with van der Waals surface area (Å²) >= 11 is 0. The average molecular weight is 273 g/mol. The standard InChI is InChI=1S/C11H19N3O5/c1-7(2)11(17)18-8(3)19-13-12-14-6-4-5-9(14)10(15)16/h7-9H,4-6H2,1-3H3,(H,15,16)/t8?,9-/m0/s1. The van der Waals surface area contributed by atoms with Crippen LogP contribution < -0.4 is 0 Å². The third-order valence-electron chi connectivity index (χ3n) is 2.61. The summed E-state index contributed by atoms with van der Waals surface area (Å²) in [6, 6.07) is -0.666. The Hall–Kier alpha value is -1.86. The summed E-state index contributed by atoms with van der Waals surface area (Å²) in [5.74, 6) is -1.58. The lowest BCUT2D eigenvalue weighted by atomic mass is 10.2. The molecule has 1 rings (SSSR count). The summed E-state index contributed by atoms with van der Waals surface area (Å²) in [6.45, 7) is 5.44. The SMILES string of the molecule is CC(ON=NN1CCC[C@H]1C(=O)O)OC(=O)C(C)C. The van der Waals surface area contributed by atoms with Crippen molar-refractivity contribution in [1.82, 2.24) is 5.01 Å². The molecule has 1 fully saturated rings. The highest BCUT2D eigenvalue weighted by molar-refractivity contribution is 5.73. The number of carbonyl (C=O) groups is 2. The van der Waals surface area contributed by atoms with E-state index >= 15 is 0 Å². The number of carbonyl (C=O) groups excluding carboxylic acids is 1.